The molecule has 0 saturated carbocycles. The lowest BCUT2D eigenvalue weighted by Crippen LogP contribution is -2.00. The molecule has 0 fully saturated rings. The molecule has 4 aromatic carbocycles. The molecule has 0 spiro atoms. The minimum Gasteiger partial charge on any atom is -0.399 e. The van der Waals surface area contributed by atoms with Crippen molar-refractivity contribution in [2.75, 3.05) is 11.5 Å². The van der Waals surface area contributed by atoms with Gasteiger partial charge in [0, 0.05) is 23.2 Å². The summed E-state index contributed by atoms with van der Waals surface area (Å²) in [5, 5.41) is 0. The van der Waals surface area contributed by atoms with E-state index in [0.29, 0.717) is 11.8 Å². The van der Waals surface area contributed by atoms with Gasteiger partial charge in [-0.1, -0.05) is 151 Å². The lowest BCUT2D eigenvalue weighted by molar-refractivity contribution is 0.540. The number of hydrogen-bond acceptors (Lipinski definition) is 2. The fourth-order valence-electron chi connectivity index (χ4n) is 7.04. The zero-order chi connectivity index (χ0) is 32.4. The highest BCUT2D eigenvalue weighted by Crippen LogP contribution is 2.30. The molecule has 0 aliphatic rings. The Labute approximate surface area is 281 Å². The quantitative estimate of drug-likeness (QED) is 0.0723. The first kappa shape index (κ1) is 35.3. The van der Waals surface area contributed by atoms with Crippen molar-refractivity contribution >= 4 is 11.4 Å². The third kappa shape index (κ3) is 11.7. The molecule has 0 amide bonds. The average Bonchev–Trinajstić information content (AvgIpc) is 3.08. The van der Waals surface area contributed by atoms with Gasteiger partial charge in [0.1, 0.15) is 0 Å². The van der Waals surface area contributed by atoms with Crippen LogP contribution < -0.4 is 11.5 Å². The van der Waals surface area contributed by atoms with Crippen molar-refractivity contribution in [3.8, 4) is 0 Å². The molecule has 2 nitrogen and oxygen atoms in total. The molecule has 2 heteroatoms. The van der Waals surface area contributed by atoms with Gasteiger partial charge in [0.05, 0.1) is 0 Å². The molecule has 0 radical (unpaired) electrons. The summed E-state index contributed by atoms with van der Waals surface area (Å²) in [7, 11) is 0. The summed E-state index contributed by atoms with van der Waals surface area (Å²) in [6.07, 6.45) is 21.1. The Morgan fingerprint density at radius 1 is 0.348 bits per heavy atom. The summed E-state index contributed by atoms with van der Waals surface area (Å²) < 4.78 is 0. The highest BCUT2D eigenvalue weighted by atomic mass is 14.5. The molecule has 0 aromatic heterocycles. The van der Waals surface area contributed by atoms with E-state index in [2.05, 4.69) is 86.6 Å². The maximum atomic E-state index is 5.89. The Morgan fingerprint density at radius 3 is 0.848 bits per heavy atom. The van der Waals surface area contributed by atoms with Crippen LogP contribution in [0.25, 0.3) is 0 Å². The van der Waals surface area contributed by atoms with E-state index in [0.717, 1.165) is 24.2 Å². The highest BCUT2D eigenvalue weighted by molar-refractivity contribution is 5.44. The van der Waals surface area contributed by atoms with E-state index >= 15 is 0 Å². The number of unbranched alkanes of at least 4 members (excludes halogenated alkanes) is 11. The van der Waals surface area contributed by atoms with Gasteiger partial charge in [-0.3, -0.25) is 0 Å². The Bertz CT molecular complexity index is 1240. The van der Waals surface area contributed by atoms with Gasteiger partial charge in [-0.25, -0.2) is 0 Å². The van der Waals surface area contributed by atoms with Crippen molar-refractivity contribution < 1.29 is 0 Å². The van der Waals surface area contributed by atoms with Crippen LogP contribution in [0.5, 0.6) is 0 Å². The number of nitrogens with two attached hydrogens (primary N) is 2. The van der Waals surface area contributed by atoms with Crippen molar-refractivity contribution in [1.29, 1.82) is 0 Å². The molecule has 0 saturated heterocycles. The van der Waals surface area contributed by atoms with Crippen molar-refractivity contribution in [2.24, 2.45) is 0 Å². The van der Waals surface area contributed by atoms with Crippen LogP contribution in [0.4, 0.5) is 11.4 Å². The van der Waals surface area contributed by atoms with Crippen molar-refractivity contribution in [3.05, 3.63) is 130 Å². The summed E-state index contributed by atoms with van der Waals surface area (Å²) >= 11 is 0. The molecule has 4 aromatic rings. The van der Waals surface area contributed by atoms with Gasteiger partial charge in [-0.05, 0) is 96.2 Å². The van der Waals surface area contributed by atoms with Crippen molar-refractivity contribution in [1.82, 2.24) is 0 Å². The first-order chi connectivity index (χ1) is 22.6. The number of aryl methyl sites for hydroxylation is 2. The van der Waals surface area contributed by atoms with Crippen LogP contribution in [-0.2, 0) is 12.8 Å². The number of rotatable bonds is 21. The summed E-state index contributed by atoms with van der Waals surface area (Å²) in [5.74, 6) is 0.898. The predicted molar refractivity (Wildman–Crippen MR) is 202 cm³/mol. The predicted octanol–water partition coefficient (Wildman–Crippen LogP) is 12.4. The zero-order valence-electron chi connectivity index (χ0n) is 28.9. The van der Waals surface area contributed by atoms with E-state index in [9.17, 15) is 0 Å². The monoisotopic (exact) mass is 616 g/mol. The third-order valence-corrected chi connectivity index (χ3v) is 9.94. The molecule has 0 bridgehead atoms. The maximum Gasteiger partial charge on any atom is 0.0314 e. The van der Waals surface area contributed by atoms with Gasteiger partial charge in [0.15, 0.2) is 0 Å². The summed E-state index contributed by atoms with van der Waals surface area (Å²) in [4.78, 5) is 0. The second-order valence-electron chi connectivity index (χ2n) is 13.5. The summed E-state index contributed by atoms with van der Waals surface area (Å²) in [5.41, 5.74) is 21.9. The smallest absolute Gasteiger partial charge is 0.0314 e. The Morgan fingerprint density at radius 2 is 0.587 bits per heavy atom. The van der Waals surface area contributed by atoms with Crippen LogP contribution in [-0.4, -0.2) is 0 Å². The van der Waals surface area contributed by atoms with Gasteiger partial charge in [-0.2, -0.15) is 0 Å². The molecule has 46 heavy (non-hydrogen) atoms. The highest BCUT2D eigenvalue weighted by Gasteiger charge is 2.13. The lowest BCUT2D eigenvalue weighted by Gasteiger charge is -2.17. The molecule has 246 valence electrons. The minimum absolute atomic E-state index is 0.449. The molecule has 4 rings (SSSR count). The maximum absolute atomic E-state index is 5.89. The van der Waals surface area contributed by atoms with Crippen LogP contribution in [0.3, 0.4) is 0 Å². The van der Waals surface area contributed by atoms with Crippen LogP contribution in [0, 0.1) is 0 Å². The van der Waals surface area contributed by atoms with Crippen LogP contribution in [0.1, 0.15) is 149 Å². The fraction of sp³-hybridized carbons (Fsp3) is 0.455. The molecule has 4 N–H and O–H groups in total. The fourth-order valence-corrected chi connectivity index (χ4v) is 7.04. The first-order valence-electron chi connectivity index (χ1n) is 18.5. The Kier molecular flexibility index (Phi) is 15.3. The van der Waals surface area contributed by atoms with E-state index in [1.807, 2.05) is 24.3 Å². The Balaban J connectivity index is 0.974. The zero-order valence-corrected chi connectivity index (χ0v) is 28.9. The molecular formula is C44H60N2. The number of benzene rings is 4. The van der Waals surface area contributed by atoms with Crippen LogP contribution >= 0.6 is 0 Å². The molecule has 0 aliphatic heterocycles. The topological polar surface area (TPSA) is 52.0 Å². The number of nitrogen functional groups attached to an aromatic ring is 2. The average molecular weight is 617 g/mol. The van der Waals surface area contributed by atoms with Gasteiger partial charge in [-0.15, -0.1) is 0 Å². The number of hydrogen-bond donors (Lipinski definition) is 2. The van der Waals surface area contributed by atoms with E-state index in [-0.39, 0.29) is 0 Å². The molecule has 2 atom stereocenters. The van der Waals surface area contributed by atoms with E-state index in [4.69, 9.17) is 11.5 Å². The van der Waals surface area contributed by atoms with E-state index < -0.39 is 0 Å². The van der Waals surface area contributed by atoms with E-state index in [1.54, 1.807) is 0 Å². The summed E-state index contributed by atoms with van der Waals surface area (Å²) in [6.45, 7) is 4.54. The van der Waals surface area contributed by atoms with Gasteiger partial charge in [0.2, 0.25) is 0 Å². The molecular weight excluding hydrogens is 556 g/mol. The SMILES string of the molecule is CCC(c1ccc(N)cc1)c1ccc(CCCCCCCCCCCCCCc2ccc(C(CC)c3ccc(N)cc3)cc2)cc1. The first-order valence-corrected chi connectivity index (χ1v) is 18.5. The number of anilines is 2. The molecule has 2 unspecified atom stereocenters. The van der Waals surface area contributed by atoms with Crippen molar-refractivity contribution in [2.45, 2.75) is 128 Å². The van der Waals surface area contributed by atoms with Crippen LogP contribution in [0.2, 0.25) is 0 Å². The Hall–Kier alpha value is -3.52. The standard InChI is InChI=1S/C44H60N2/c1-3-43(39-27-31-41(45)32-28-39)37-23-19-35(20-24-37)17-15-13-11-9-7-5-6-8-10-12-14-16-18-36-21-25-38(26-22-36)44(4-2)40-29-33-42(46)34-30-40/h19-34,43-44H,3-18,45-46H2,1-2H3. The third-order valence-electron chi connectivity index (χ3n) is 9.94. The lowest BCUT2D eigenvalue weighted by atomic mass is 9.88. The minimum atomic E-state index is 0.449. The second kappa shape index (κ2) is 19.9. The summed E-state index contributed by atoms with van der Waals surface area (Å²) in [6, 6.07) is 35.5. The normalized spacial score (nSPS) is 12.7. The van der Waals surface area contributed by atoms with Crippen LogP contribution in [0.15, 0.2) is 97.1 Å². The van der Waals surface area contributed by atoms with Crippen molar-refractivity contribution in [3.63, 3.8) is 0 Å². The largest absolute Gasteiger partial charge is 0.399 e. The van der Waals surface area contributed by atoms with Gasteiger partial charge >= 0.3 is 0 Å². The molecule has 0 aliphatic carbocycles. The van der Waals surface area contributed by atoms with E-state index in [1.165, 1.54) is 123 Å². The molecule has 0 heterocycles. The van der Waals surface area contributed by atoms with Gasteiger partial charge in [0.25, 0.3) is 0 Å². The van der Waals surface area contributed by atoms with Gasteiger partial charge < -0.3 is 11.5 Å². The second-order valence-corrected chi connectivity index (χ2v) is 13.5.